The minimum absolute atomic E-state index is 0. The summed E-state index contributed by atoms with van der Waals surface area (Å²) >= 11 is 2.80. The number of nitrogens with one attached hydrogen (secondary N) is 6. The van der Waals surface area contributed by atoms with E-state index in [9.17, 15) is 79.2 Å². The maximum Gasteiger partial charge on any atom is 1.00 e. The zero-order chi connectivity index (χ0) is 67.0. The molecule has 93 heavy (non-hydrogen) atoms. The normalized spacial score (nSPS) is 22.6. The van der Waals surface area contributed by atoms with E-state index in [4.69, 9.17) is 24.7 Å². The molecule has 0 spiro atoms. The first-order valence-electron chi connectivity index (χ1n) is 30.0. The van der Waals surface area contributed by atoms with E-state index >= 15 is 0 Å². The van der Waals surface area contributed by atoms with Crippen LogP contribution in [0.15, 0.2) is 109 Å². The van der Waals surface area contributed by atoms with Gasteiger partial charge in [-0.2, -0.15) is 23.5 Å². The molecule has 502 valence electrons. The quantitative estimate of drug-likeness (QED) is 0.0161. The summed E-state index contributed by atoms with van der Waals surface area (Å²) in [6.45, 7) is 1.34. The van der Waals surface area contributed by atoms with Crippen LogP contribution in [0.1, 0.15) is 73.1 Å². The van der Waals surface area contributed by atoms with Gasteiger partial charge < -0.3 is 97.4 Å². The third-order valence-corrected chi connectivity index (χ3v) is 17.3. The van der Waals surface area contributed by atoms with Crippen LogP contribution in [-0.4, -0.2) is 229 Å². The maximum absolute atomic E-state index is 13.0. The Labute approximate surface area is 568 Å². The van der Waals surface area contributed by atoms with Gasteiger partial charge in [0.15, 0.2) is 0 Å². The molecule has 2 heterocycles. The van der Waals surface area contributed by atoms with Crippen LogP contribution >= 0.6 is 23.5 Å². The Hall–Kier alpha value is -6.10. The predicted octanol–water partition coefficient (Wildman–Crippen LogP) is -2.88. The Kier molecular flexibility index (Phi) is 32.1. The van der Waals surface area contributed by atoms with E-state index in [1.54, 1.807) is 48.5 Å². The molecule has 6 rings (SSSR count). The average Bonchev–Trinajstić information content (AvgIpc) is 0.789. The molecule has 0 aromatic heterocycles. The number of nitrogens with two attached hydrogens (primary N) is 1. The van der Waals surface area contributed by atoms with Gasteiger partial charge in [-0.1, -0.05) is 84.9 Å². The fraction of sp³-hybridized carbons (Fsp3) is 0.492. The van der Waals surface area contributed by atoms with E-state index in [0.29, 0.717) is 23.0 Å². The van der Waals surface area contributed by atoms with Gasteiger partial charge in [-0.05, 0) is 77.3 Å². The number of ether oxygens (including phenoxy) is 4. The fourth-order valence-corrected chi connectivity index (χ4v) is 11.8. The van der Waals surface area contributed by atoms with Crippen LogP contribution < -0.4 is 67.2 Å². The molecule has 4 aromatic carbocycles. The molecule has 0 saturated carbocycles. The molecule has 6 amide bonds. The van der Waals surface area contributed by atoms with Crippen LogP contribution in [0.4, 0.5) is 0 Å². The van der Waals surface area contributed by atoms with Crippen LogP contribution in [0.5, 0.6) is 0 Å². The van der Waals surface area contributed by atoms with Crippen molar-refractivity contribution in [1.82, 2.24) is 31.9 Å². The first kappa shape index (κ1) is 77.6. The number of aliphatic hydroxyl groups is 6. The molecular weight excluding hydrogens is 1260 g/mol. The standard InChI is InChI=1S/C63H83N7O20S2.Na/c1-37(71)69-51-46(73)33-62(60(83)84,89-55(51)53(78)48(75)35-67-57(80)43-19-15-41(16-20-43)39-11-5-3-6-12-39)87-27-9-29-91-31-25-65-50(77)24-23-45(64)59(82)66-26-32-92-30-10-28-88-63(61(85)86)34-47(74)52(70-38(2)72)56(90-63)54(79)49(76)36-68-58(81)44-21-17-42(18-22-44)40-13-7-4-8-14-40;/h3-8,11-22,45-49,51-56,73-76,78-79H,9-10,23-36,64H2,1-2H3,(H,65,77)(H,66,82)(H,67,80)(H,68,81)(H,69,71)(H,70,72)(H,83,84)(H,85,86);/q;+1/t45?,46-,47-,48+,49+,51+,52+,53?,54?,55+,56+,62+,63+;/m0./s1. The van der Waals surface area contributed by atoms with Crippen molar-refractivity contribution in [3.05, 3.63) is 120 Å². The number of aliphatic carboxylic acids is 2. The number of aliphatic hydroxyl groups excluding tert-OH is 6. The van der Waals surface area contributed by atoms with Crippen molar-refractivity contribution in [2.24, 2.45) is 5.73 Å². The molecule has 0 radical (unpaired) electrons. The summed E-state index contributed by atoms with van der Waals surface area (Å²) in [5, 5.41) is 103. The SMILES string of the molecule is CC(=O)N[C@@H]1[C@@H](O)C[C@](OCCCSCCNC(=O)CCC(N)C(=O)NCCSCCCO[C@]2(C(=O)O)C[C@H](O)[C@@H](NC(C)=O)[C@H](C(O)[C@H](O)CNC(=O)c3ccc(-c4ccccc4)cc3)O2)(C(=O)O)O[C@H]1C(O)[C@H](O)CNC(=O)c1ccc(-c2ccccc2)cc1.[Na+]. The smallest absolute Gasteiger partial charge is 0.477 e. The number of rotatable bonds is 36. The largest absolute Gasteiger partial charge is 1.00 e. The van der Waals surface area contributed by atoms with Gasteiger partial charge in [0.25, 0.3) is 23.4 Å². The average molecular weight is 1350 g/mol. The predicted molar refractivity (Wildman–Crippen MR) is 338 cm³/mol. The molecule has 2 saturated heterocycles. The number of carbonyl (C=O) groups is 8. The maximum atomic E-state index is 13.0. The van der Waals surface area contributed by atoms with Crippen LogP contribution in [0.2, 0.25) is 0 Å². The molecule has 30 heteroatoms. The van der Waals surface area contributed by atoms with E-state index in [-0.39, 0.29) is 98.6 Å². The summed E-state index contributed by atoms with van der Waals surface area (Å²) in [6, 6.07) is 28.6. The molecule has 13 atom stereocenters. The number of hydrogen-bond acceptors (Lipinski definition) is 21. The minimum atomic E-state index is -2.50. The summed E-state index contributed by atoms with van der Waals surface area (Å²) < 4.78 is 23.1. The summed E-state index contributed by atoms with van der Waals surface area (Å²) in [4.78, 5) is 101. The summed E-state index contributed by atoms with van der Waals surface area (Å²) in [7, 11) is 0. The minimum Gasteiger partial charge on any atom is -0.477 e. The van der Waals surface area contributed by atoms with Crippen molar-refractivity contribution in [3.8, 4) is 22.3 Å². The Morgan fingerprint density at radius 2 is 0.935 bits per heavy atom. The van der Waals surface area contributed by atoms with Gasteiger partial charge in [0, 0.05) is 81.9 Å². The number of hydrogen-bond donors (Lipinski definition) is 15. The van der Waals surface area contributed by atoms with Crippen molar-refractivity contribution >= 4 is 70.9 Å². The Balaban J connectivity index is 0.0000157. The van der Waals surface area contributed by atoms with Gasteiger partial charge in [-0.3, -0.25) is 28.8 Å². The van der Waals surface area contributed by atoms with E-state index in [1.807, 2.05) is 60.7 Å². The third kappa shape index (κ3) is 23.4. The first-order valence-corrected chi connectivity index (χ1v) is 32.3. The van der Waals surface area contributed by atoms with Crippen LogP contribution in [0.25, 0.3) is 22.3 Å². The van der Waals surface area contributed by atoms with E-state index < -0.39 is 146 Å². The molecule has 16 N–H and O–H groups in total. The molecular formula is C63H83N7NaO20S2+. The van der Waals surface area contributed by atoms with Gasteiger partial charge in [-0.25, -0.2) is 9.59 Å². The monoisotopic (exact) mass is 1340 g/mol. The topological polar surface area (TPSA) is 434 Å². The number of carboxylic acids is 2. The second-order valence-corrected chi connectivity index (χ2v) is 24.6. The summed E-state index contributed by atoms with van der Waals surface area (Å²) in [5.41, 5.74) is 10.2. The van der Waals surface area contributed by atoms with Crippen LogP contribution in [0, 0.1) is 0 Å². The van der Waals surface area contributed by atoms with Crippen molar-refractivity contribution in [2.45, 2.75) is 131 Å². The molecule has 0 aliphatic carbocycles. The van der Waals surface area contributed by atoms with Crippen LogP contribution in [-0.2, 0) is 47.7 Å². The van der Waals surface area contributed by atoms with E-state index in [2.05, 4.69) is 31.9 Å². The molecule has 27 nitrogen and oxygen atoms in total. The van der Waals surface area contributed by atoms with Gasteiger partial charge in [0.05, 0.1) is 55.8 Å². The van der Waals surface area contributed by atoms with Gasteiger partial charge in [0.1, 0.15) is 24.4 Å². The summed E-state index contributed by atoms with van der Waals surface area (Å²) in [6.07, 6.45) is -14.8. The van der Waals surface area contributed by atoms with E-state index in [0.717, 1.165) is 36.1 Å². The number of carboxylic acid groups (broad SMARTS) is 2. The molecule has 3 unspecified atom stereocenters. The van der Waals surface area contributed by atoms with Gasteiger partial charge in [-0.15, -0.1) is 0 Å². The zero-order valence-electron chi connectivity index (χ0n) is 51.9. The Morgan fingerprint density at radius 3 is 1.31 bits per heavy atom. The second kappa shape index (κ2) is 38.4. The fourth-order valence-electron chi connectivity index (χ4n) is 10.2. The van der Waals surface area contributed by atoms with Crippen molar-refractivity contribution in [2.75, 3.05) is 62.4 Å². The second-order valence-electron chi connectivity index (χ2n) is 22.1. The summed E-state index contributed by atoms with van der Waals surface area (Å²) in [5.74, 6) is -9.78. The van der Waals surface area contributed by atoms with Gasteiger partial charge in [0.2, 0.25) is 23.6 Å². The third-order valence-electron chi connectivity index (χ3n) is 15.1. The first-order chi connectivity index (χ1) is 43.9. The number of benzene rings is 4. The number of thioether (sulfide) groups is 2. The van der Waals surface area contributed by atoms with Crippen LogP contribution in [0.3, 0.4) is 0 Å². The van der Waals surface area contributed by atoms with Crippen molar-refractivity contribution in [3.63, 3.8) is 0 Å². The molecule has 2 fully saturated rings. The Morgan fingerprint density at radius 1 is 0.559 bits per heavy atom. The Bertz CT molecular complexity index is 3060. The number of carbonyl (C=O) groups excluding carboxylic acids is 6. The molecule has 2 aliphatic heterocycles. The van der Waals surface area contributed by atoms with E-state index in [1.165, 1.54) is 23.5 Å². The van der Waals surface area contributed by atoms with Gasteiger partial charge >= 0.3 is 41.5 Å². The molecule has 0 bridgehead atoms. The van der Waals surface area contributed by atoms with Crippen molar-refractivity contribution < 1.29 is 128 Å². The molecule has 4 aromatic rings. The zero-order valence-corrected chi connectivity index (χ0v) is 55.6. The number of amides is 6. The van der Waals surface area contributed by atoms with Crippen molar-refractivity contribution in [1.29, 1.82) is 0 Å². The molecule has 2 aliphatic rings.